The Kier molecular flexibility index (Phi) is 6.24. The summed E-state index contributed by atoms with van der Waals surface area (Å²) < 4.78 is 40.6. The Balaban J connectivity index is 1.81. The second-order valence-corrected chi connectivity index (χ2v) is 5.96. The molecule has 138 valence electrons. The molecular formula is C16H20F3N3O3. The van der Waals surface area contributed by atoms with E-state index >= 15 is 0 Å². The average Bonchev–Trinajstić information content (AvgIpc) is 3.29. The van der Waals surface area contributed by atoms with Gasteiger partial charge in [-0.1, -0.05) is 6.07 Å². The molecule has 0 heterocycles. The molecule has 0 saturated heterocycles. The summed E-state index contributed by atoms with van der Waals surface area (Å²) in [5.41, 5.74) is 0.735. The van der Waals surface area contributed by atoms with Crippen molar-refractivity contribution in [2.45, 2.75) is 38.0 Å². The maximum Gasteiger partial charge on any atom is 0.411 e. The Morgan fingerprint density at radius 2 is 2.04 bits per heavy atom. The van der Waals surface area contributed by atoms with Gasteiger partial charge in [0, 0.05) is 23.3 Å². The highest BCUT2D eigenvalue weighted by Crippen LogP contribution is 2.19. The molecule has 0 spiro atoms. The number of anilines is 1. The first-order valence-corrected chi connectivity index (χ1v) is 7.86. The van der Waals surface area contributed by atoms with Crippen LogP contribution in [-0.4, -0.2) is 43.4 Å². The zero-order valence-electron chi connectivity index (χ0n) is 13.7. The predicted octanol–water partition coefficient (Wildman–Crippen LogP) is 2.67. The normalized spacial score (nSPS) is 15.4. The second-order valence-electron chi connectivity index (χ2n) is 5.96. The van der Waals surface area contributed by atoms with Gasteiger partial charge in [0.25, 0.3) is 5.91 Å². The number of ether oxygens (including phenoxy) is 1. The number of carbonyl (C=O) groups is 2. The van der Waals surface area contributed by atoms with Gasteiger partial charge in [-0.2, -0.15) is 13.2 Å². The van der Waals surface area contributed by atoms with Crippen molar-refractivity contribution < 1.29 is 27.5 Å². The van der Waals surface area contributed by atoms with Gasteiger partial charge in [0.2, 0.25) is 0 Å². The van der Waals surface area contributed by atoms with Crippen LogP contribution in [0.1, 0.15) is 30.1 Å². The number of benzene rings is 1. The van der Waals surface area contributed by atoms with Gasteiger partial charge in [-0.25, -0.2) is 4.79 Å². The Morgan fingerprint density at radius 1 is 1.32 bits per heavy atom. The van der Waals surface area contributed by atoms with Crippen molar-refractivity contribution in [1.82, 2.24) is 10.6 Å². The van der Waals surface area contributed by atoms with E-state index in [2.05, 4.69) is 20.7 Å². The zero-order valence-corrected chi connectivity index (χ0v) is 13.7. The van der Waals surface area contributed by atoms with Crippen LogP contribution in [0.25, 0.3) is 0 Å². The van der Waals surface area contributed by atoms with Crippen LogP contribution in [0.3, 0.4) is 0 Å². The second kappa shape index (κ2) is 8.19. The molecule has 1 fully saturated rings. The van der Waals surface area contributed by atoms with Crippen LogP contribution in [0.4, 0.5) is 23.7 Å². The first-order valence-electron chi connectivity index (χ1n) is 7.86. The molecular weight excluding hydrogens is 339 g/mol. The van der Waals surface area contributed by atoms with E-state index in [4.69, 9.17) is 0 Å². The molecule has 1 aliphatic rings. The standard InChI is InChI=1S/C16H20F3N3O3/c1-10(8-25-9-16(17,18)19)20-14(23)11-3-2-4-13(7-11)22-15(24)21-12-5-6-12/h2-4,7,10,12H,5-6,8-9H2,1H3,(H,20,23)(H2,21,22,24). The van der Waals surface area contributed by atoms with Gasteiger partial charge in [-0.05, 0) is 38.0 Å². The minimum atomic E-state index is -4.40. The molecule has 25 heavy (non-hydrogen) atoms. The molecule has 1 atom stereocenters. The van der Waals surface area contributed by atoms with Crippen LogP contribution in [-0.2, 0) is 4.74 Å². The quantitative estimate of drug-likeness (QED) is 0.700. The first-order chi connectivity index (χ1) is 11.7. The van der Waals surface area contributed by atoms with Gasteiger partial charge < -0.3 is 20.7 Å². The highest BCUT2D eigenvalue weighted by atomic mass is 19.4. The summed E-state index contributed by atoms with van der Waals surface area (Å²) in [4.78, 5) is 23.8. The minimum absolute atomic E-state index is 0.212. The lowest BCUT2D eigenvalue weighted by Crippen LogP contribution is -2.37. The molecule has 0 aliphatic heterocycles. The summed E-state index contributed by atoms with van der Waals surface area (Å²) in [5, 5.41) is 7.94. The SMILES string of the molecule is CC(COCC(F)(F)F)NC(=O)c1cccc(NC(=O)NC2CC2)c1. The van der Waals surface area contributed by atoms with Gasteiger partial charge in [0.1, 0.15) is 6.61 Å². The van der Waals surface area contributed by atoms with E-state index in [9.17, 15) is 22.8 Å². The van der Waals surface area contributed by atoms with Crippen LogP contribution < -0.4 is 16.0 Å². The lowest BCUT2D eigenvalue weighted by atomic mass is 10.1. The molecule has 6 nitrogen and oxygen atoms in total. The summed E-state index contributed by atoms with van der Waals surface area (Å²) in [7, 11) is 0. The van der Waals surface area contributed by atoms with Crippen molar-refractivity contribution in [3.05, 3.63) is 29.8 Å². The number of hydrogen-bond acceptors (Lipinski definition) is 3. The van der Waals surface area contributed by atoms with Crippen LogP contribution in [0.5, 0.6) is 0 Å². The average molecular weight is 359 g/mol. The third-order valence-corrected chi connectivity index (χ3v) is 3.31. The summed E-state index contributed by atoms with van der Waals surface area (Å²) in [6.45, 7) is -0.0742. The van der Waals surface area contributed by atoms with E-state index in [1.807, 2.05) is 0 Å². The maximum atomic E-state index is 12.1. The molecule has 1 aromatic rings. The van der Waals surface area contributed by atoms with Crippen molar-refractivity contribution in [1.29, 1.82) is 0 Å². The van der Waals surface area contributed by atoms with Crippen molar-refractivity contribution in [2.24, 2.45) is 0 Å². The molecule has 0 radical (unpaired) electrons. The lowest BCUT2D eigenvalue weighted by Gasteiger charge is -2.15. The van der Waals surface area contributed by atoms with Crippen molar-refractivity contribution >= 4 is 17.6 Å². The number of halogens is 3. The predicted molar refractivity (Wildman–Crippen MR) is 85.4 cm³/mol. The van der Waals surface area contributed by atoms with Crippen molar-refractivity contribution in [2.75, 3.05) is 18.5 Å². The number of alkyl halides is 3. The zero-order chi connectivity index (χ0) is 18.4. The monoisotopic (exact) mass is 359 g/mol. The topological polar surface area (TPSA) is 79.5 Å². The third-order valence-electron chi connectivity index (χ3n) is 3.31. The Bertz CT molecular complexity index is 618. The number of amides is 3. The first kappa shape index (κ1) is 19.0. The van der Waals surface area contributed by atoms with E-state index < -0.39 is 24.7 Å². The molecule has 2 rings (SSSR count). The molecule has 3 N–H and O–H groups in total. The largest absolute Gasteiger partial charge is 0.411 e. The third kappa shape index (κ3) is 7.42. The van der Waals surface area contributed by atoms with Gasteiger partial charge in [-0.3, -0.25) is 4.79 Å². The van der Waals surface area contributed by atoms with Crippen LogP contribution >= 0.6 is 0 Å². The summed E-state index contributed by atoms with van der Waals surface area (Å²) in [6.07, 6.45) is -2.47. The highest BCUT2D eigenvalue weighted by Gasteiger charge is 2.27. The molecule has 1 aliphatic carbocycles. The van der Waals surface area contributed by atoms with E-state index in [0.29, 0.717) is 5.69 Å². The number of rotatable bonds is 7. The smallest absolute Gasteiger partial charge is 0.370 e. The fourth-order valence-corrected chi connectivity index (χ4v) is 2.02. The fourth-order valence-electron chi connectivity index (χ4n) is 2.02. The van der Waals surface area contributed by atoms with Crippen LogP contribution in [0.15, 0.2) is 24.3 Å². The molecule has 1 saturated carbocycles. The van der Waals surface area contributed by atoms with Crippen LogP contribution in [0, 0.1) is 0 Å². The lowest BCUT2D eigenvalue weighted by molar-refractivity contribution is -0.174. The Labute approximate surface area is 143 Å². The molecule has 1 unspecified atom stereocenters. The number of hydrogen-bond donors (Lipinski definition) is 3. The van der Waals surface area contributed by atoms with E-state index in [-0.39, 0.29) is 24.2 Å². The van der Waals surface area contributed by atoms with Gasteiger partial charge in [0.05, 0.1) is 6.61 Å². The molecule has 0 aromatic heterocycles. The molecule has 1 aromatic carbocycles. The van der Waals surface area contributed by atoms with E-state index in [1.54, 1.807) is 25.1 Å². The number of carbonyl (C=O) groups excluding carboxylic acids is 2. The minimum Gasteiger partial charge on any atom is -0.370 e. The summed E-state index contributed by atoms with van der Waals surface area (Å²) >= 11 is 0. The van der Waals surface area contributed by atoms with Gasteiger partial charge in [-0.15, -0.1) is 0 Å². The fraction of sp³-hybridized carbons (Fsp3) is 0.500. The van der Waals surface area contributed by atoms with Crippen molar-refractivity contribution in [3.8, 4) is 0 Å². The van der Waals surface area contributed by atoms with Crippen molar-refractivity contribution in [3.63, 3.8) is 0 Å². The summed E-state index contributed by atoms with van der Waals surface area (Å²) in [6, 6.07) is 5.56. The van der Waals surface area contributed by atoms with E-state index in [0.717, 1.165) is 12.8 Å². The summed E-state index contributed by atoms with van der Waals surface area (Å²) in [5.74, 6) is -0.464. The molecule has 0 bridgehead atoms. The molecule has 9 heteroatoms. The van der Waals surface area contributed by atoms with E-state index in [1.165, 1.54) is 6.07 Å². The number of nitrogens with one attached hydrogen (secondary N) is 3. The number of urea groups is 1. The highest BCUT2D eigenvalue weighted by molar-refractivity contribution is 5.97. The maximum absolute atomic E-state index is 12.1. The van der Waals surface area contributed by atoms with Gasteiger partial charge in [0.15, 0.2) is 0 Å². The Hall–Kier alpha value is -2.29. The van der Waals surface area contributed by atoms with Gasteiger partial charge >= 0.3 is 12.2 Å². The Morgan fingerprint density at radius 3 is 2.68 bits per heavy atom. The van der Waals surface area contributed by atoms with Crippen LogP contribution in [0.2, 0.25) is 0 Å². The molecule has 3 amide bonds.